The van der Waals surface area contributed by atoms with E-state index in [4.69, 9.17) is 5.73 Å². The number of hydrogen-bond acceptors (Lipinski definition) is 2. The SMILES string of the molecule is CCN(Cc1ccc(N)cc1)c1cccc(C)c1. The second kappa shape index (κ2) is 5.58. The van der Waals surface area contributed by atoms with Crippen LogP contribution in [0.15, 0.2) is 48.5 Å². The molecule has 0 saturated carbocycles. The summed E-state index contributed by atoms with van der Waals surface area (Å²) < 4.78 is 0. The average molecular weight is 240 g/mol. The van der Waals surface area contributed by atoms with E-state index in [2.05, 4.69) is 55.1 Å². The van der Waals surface area contributed by atoms with E-state index in [0.717, 1.165) is 18.8 Å². The van der Waals surface area contributed by atoms with E-state index in [1.54, 1.807) is 0 Å². The van der Waals surface area contributed by atoms with Crippen LogP contribution in [0, 0.1) is 6.92 Å². The van der Waals surface area contributed by atoms with Crippen molar-refractivity contribution < 1.29 is 0 Å². The van der Waals surface area contributed by atoms with Crippen LogP contribution in [-0.4, -0.2) is 6.54 Å². The van der Waals surface area contributed by atoms with Gasteiger partial charge in [0.15, 0.2) is 0 Å². The van der Waals surface area contributed by atoms with Crippen molar-refractivity contribution in [3.05, 3.63) is 59.7 Å². The van der Waals surface area contributed by atoms with Gasteiger partial charge < -0.3 is 10.6 Å². The highest BCUT2D eigenvalue weighted by Crippen LogP contribution is 2.18. The lowest BCUT2D eigenvalue weighted by Crippen LogP contribution is -2.21. The Balaban J connectivity index is 2.17. The summed E-state index contributed by atoms with van der Waals surface area (Å²) in [6.07, 6.45) is 0. The molecule has 0 heterocycles. The topological polar surface area (TPSA) is 29.3 Å². The average Bonchev–Trinajstić information content (AvgIpc) is 2.38. The van der Waals surface area contributed by atoms with Gasteiger partial charge in [-0.1, -0.05) is 24.3 Å². The minimum atomic E-state index is 0.817. The van der Waals surface area contributed by atoms with Crippen molar-refractivity contribution in [2.75, 3.05) is 17.2 Å². The molecule has 0 unspecified atom stereocenters. The predicted molar refractivity (Wildman–Crippen MR) is 78.8 cm³/mol. The number of benzene rings is 2. The van der Waals surface area contributed by atoms with Crippen molar-refractivity contribution in [3.63, 3.8) is 0 Å². The smallest absolute Gasteiger partial charge is 0.0429 e. The lowest BCUT2D eigenvalue weighted by molar-refractivity contribution is 0.831. The van der Waals surface area contributed by atoms with Crippen molar-refractivity contribution in [2.45, 2.75) is 20.4 Å². The number of nitrogens with two attached hydrogens (primary N) is 1. The van der Waals surface area contributed by atoms with Gasteiger partial charge in [-0.2, -0.15) is 0 Å². The Hall–Kier alpha value is -1.96. The molecule has 0 atom stereocenters. The molecule has 0 aromatic heterocycles. The molecule has 0 saturated heterocycles. The molecule has 0 bridgehead atoms. The normalized spacial score (nSPS) is 10.3. The van der Waals surface area contributed by atoms with E-state index in [0.29, 0.717) is 0 Å². The van der Waals surface area contributed by atoms with Crippen LogP contribution < -0.4 is 10.6 Å². The maximum atomic E-state index is 5.71. The second-order valence-corrected chi connectivity index (χ2v) is 4.59. The van der Waals surface area contributed by atoms with Gasteiger partial charge in [0.25, 0.3) is 0 Å². The molecule has 0 amide bonds. The van der Waals surface area contributed by atoms with Crippen LogP contribution in [0.5, 0.6) is 0 Å². The Kier molecular flexibility index (Phi) is 3.88. The summed E-state index contributed by atoms with van der Waals surface area (Å²) in [7, 11) is 0. The van der Waals surface area contributed by atoms with Crippen LogP contribution in [0.1, 0.15) is 18.1 Å². The van der Waals surface area contributed by atoms with E-state index < -0.39 is 0 Å². The zero-order valence-electron chi connectivity index (χ0n) is 11.1. The molecule has 2 aromatic carbocycles. The van der Waals surface area contributed by atoms with Crippen molar-refractivity contribution >= 4 is 11.4 Å². The maximum Gasteiger partial charge on any atom is 0.0429 e. The van der Waals surface area contributed by atoms with Crippen molar-refractivity contribution in [3.8, 4) is 0 Å². The first-order valence-electron chi connectivity index (χ1n) is 6.35. The zero-order valence-corrected chi connectivity index (χ0v) is 11.1. The van der Waals surface area contributed by atoms with Gasteiger partial charge in [-0.15, -0.1) is 0 Å². The van der Waals surface area contributed by atoms with Gasteiger partial charge in [-0.3, -0.25) is 0 Å². The number of anilines is 2. The third kappa shape index (κ3) is 3.04. The summed E-state index contributed by atoms with van der Waals surface area (Å²) >= 11 is 0. The third-order valence-corrected chi connectivity index (χ3v) is 3.10. The molecule has 94 valence electrons. The van der Waals surface area contributed by atoms with Crippen molar-refractivity contribution in [1.29, 1.82) is 0 Å². The molecule has 2 heteroatoms. The highest BCUT2D eigenvalue weighted by Gasteiger charge is 2.05. The van der Waals surface area contributed by atoms with Crippen LogP contribution in [0.2, 0.25) is 0 Å². The van der Waals surface area contributed by atoms with Gasteiger partial charge in [0.2, 0.25) is 0 Å². The highest BCUT2D eigenvalue weighted by atomic mass is 15.1. The predicted octanol–water partition coefficient (Wildman–Crippen LogP) is 3.60. The largest absolute Gasteiger partial charge is 0.399 e. The lowest BCUT2D eigenvalue weighted by atomic mass is 10.1. The zero-order chi connectivity index (χ0) is 13.0. The fourth-order valence-electron chi connectivity index (χ4n) is 2.05. The molecule has 2 rings (SSSR count). The lowest BCUT2D eigenvalue weighted by Gasteiger charge is -2.23. The highest BCUT2D eigenvalue weighted by molar-refractivity contribution is 5.49. The van der Waals surface area contributed by atoms with E-state index >= 15 is 0 Å². The van der Waals surface area contributed by atoms with Crippen LogP contribution in [0.4, 0.5) is 11.4 Å². The van der Waals surface area contributed by atoms with Gasteiger partial charge >= 0.3 is 0 Å². The van der Waals surface area contributed by atoms with Crippen molar-refractivity contribution in [1.82, 2.24) is 0 Å². The molecule has 0 aliphatic heterocycles. The summed E-state index contributed by atoms with van der Waals surface area (Å²) in [4.78, 5) is 2.36. The number of nitrogen functional groups attached to an aromatic ring is 1. The minimum Gasteiger partial charge on any atom is -0.399 e. The molecule has 2 N–H and O–H groups in total. The summed E-state index contributed by atoms with van der Waals surface area (Å²) in [5.74, 6) is 0. The Labute approximate surface area is 109 Å². The number of hydrogen-bond donors (Lipinski definition) is 1. The first kappa shape index (κ1) is 12.5. The fourth-order valence-corrected chi connectivity index (χ4v) is 2.05. The van der Waals surface area contributed by atoms with Gasteiger partial charge in [-0.25, -0.2) is 0 Å². The Morgan fingerprint density at radius 1 is 1.06 bits per heavy atom. The van der Waals surface area contributed by atoms with E-state index in [1.165, 1.54) is 16.8 Å². The second-order valence-electron chi connectivity index (χ2n) is 4.59. The molecule has 2 nitrogen and oxygen atoms in total. The van der Waals surface area contributed by atoms with Gasteiger partial charge in [0, 0.05) is 24.5 Å². The number of aryl methyl sites for hydroxylation is 1. The third-order valence-electron chi connectivity index (χ3n) is 3.10. The van der Waals surface area contributed by atoms with Crippen LogP contribution in [0.25, 0.3) is 0 Å². The maximum absolute atomic E-state index is 5.71. The Bertz CT molecular complexity index is 503. The quantitative estimate of drug-likeness (QED) is 0.827. The first-order valence-corrected chi connectivity index (χ1v) is 6.35. The number of rotatable bonds is 4. The Morgan fingerprint density at radius 2 is 1.78 bits per heavy atom. The van der Waals surface area contributed by atoms with E-state index in [-0.39, 0.29) is 0 Å². The molecule has 0 aliphatic carbocycles. The standard InChI is InChI=1S/C16H20N2/c1-3-18(16-6-4-5-13(2)11-16)12-14-7-9-15(17)10-8-14/h4-11H,3,12,17H2,1-2H3. The molecule has 0 spiro atoms. The first-order chi connectivity index (χ1) is 8.69. The Morgan fingerprint density at radius 3 is 2.39 bits per heavy atom. The molecule has 0 radical (unpaired) electrons. The minimum absolute atomic E-state index is 0.817. The van der Waals surface area contributed by atoms with Crippen LogP contribution >= 0.6 is 0 Å². The molecular weight excluding hydrogens is 220 g/mol. The molecular formula is C16H20N2. The van der Waals surface area contributed by atoms with E-state index in [9.17, 15) is 0 Å². The van der Waals surface area contributed by atoms with E-state index in [1.807, 2.05) is 12.1 Å². The fraction of sp³-hybridized carbons (Fsp3) is 0.250. The molecule has 0 aliphatic rings. The summed E-state index contributed by atoms with van der Waals surface area (Å²) in [6.45, 7) is 6.22. The summed E-state index contributed by atoms with van der Waals surface area (Å²) in [6, 6.07) is 16.7. The summed E-state index contributed by atoms with van der Waals surface area (Å²) in [5, 5.41) is 0. The molecule has 18 heavy (non-hydrogen) atoms. The van der Waals surface area contributed by atoms with Crippen molar-refractivity contribution in [2.24, 2.45) is 0 Å². The molecule has 2 aromatic rings. The molecule has 0 fully saturated rings. The van der Waals surface area contributed by atoms with Gasteiger partial charge in [-0.05, 0) is 49.2 Å². The monoisotopic (exact) mass is 240 g/mol. The van der Waals surface area contributed by atoms with Crippen LogP contribution in [-0.2, 0) is 6.54 Å². The summed E-state index contributed by atoms with van der Waals surface area (Å²) in [5.41, 5.74) is 10.4. The van der Waals surface area contributed by atoms with Crippen LogP contribution in [0.3, 0.4) is 0 Å². The number of nitrogens with zero attached hydrogens (tertiary/aromatic N) is 1. The van der Waals surface area contributed by atoms with Gasteiger partial charge in [0.05, 0.1) is 0 Å². The van der Waals surface area contributed by atoms with Gasteiger partial charge in [0.1, 0.15) is 0 Å².